The first-order valence-electron chi connectivity index (χ1n) is 7.70. The third-order valence-corrected chi connectivity index (χ3v) is 4.08. The number of hydrogen-bond acceptors (Lipinski definition) is 2. The highest BCUT2D eigenvalue weighted by atomic mass is 16.1. The highest BCUT2D eigenvalue weighted by Gasteiger charge is 2.15. The van der Waals surface area contributed by atoms with Crippen LogP contribution in [0, 0.1) is 13.8 Å². The van der Waals surface area contributed by atoms with E-state index in [1.807, 2.05) is 49.0 Å². The number of aryl methyl sites for hydroxylation is 2. The molecule has 1 aromatic heterocycles. The van der Waals surface area contributed by atoms with Gasteiger partial charge in [-0.15, -0.1) is 0 Å². The van der Waals surface area contributed by atoms with Crippen molar-refractivity contribution in [2.24, 2.45) is 0 Å². The van der Waals surface area contributed by atoms with E-state index in [4.69, 9.17) is 0 Å². The van der Waals surface area contributed by atoms with Crippen molar-refractivity contribution in [1.82, 2.24) is 9.78 Å². The molecule has 0 N–H and O–H groups in total. The number of benzene rings is 1. The van der Waals surface area contributed by atoms with Gasteiger partial charge in [0.15, 0.2) is 5.78 Å². The van der Waals surface area contributed by atoms with E-state index in [9.17, 15) is 4.79 Å². The van der Waals surface area contributed by atoms with Gasteiger partial charge in [-0.1, -0.05) is 32.0 Å². The number of nitrogens with zero attached hydrogens (tertiary/aromatic N) is 2. The number of hydrogen-bond donors (Lipinski definition) is 0. The summed E-state index contributed by atoms with van der Waals surface area (Å²) >= 11 is 0. The van der Waals surface area contributed by atoms with E-state index in [-0.39, 0.29) is 5.78 Å². The number of aromatic nitrogens is 2. The molecule has 0 saturated heterocycles. The fourth-order valence-corrected chi connectivity index (χ4v) is 2.85. The van der Waals surface area contributed by atoms with Crippen molar-refractivity contribution in [2.75, 3.05) is 0 Å². The molecule has 0 aliphatic rings. The number of rotatable bonds is 6. The molecule has 0 amide bonds. The third-order valence-electron chi connectivity index (χ3n) is 4.08. The third kappa shape index (κ3) is 3.41. The Morgan fingerprint density at radius 1 is 1.14 bits per heavy atom. The fraction of sp³-hybridized carbons (Fsp3) is 0.444. The summed E-state index contributed by atoms with van der Waals surface area (Å²) in [6.07, 6.45) is 4.48. The topological polar surface area (TPSA) is 34.9 Å². The van der Waals surface area contributed by atoms with Gasteiger partial charge in [0.1, 0.15) is 0 Å². The Labute approximate surface area is 127 Å². The van der Waals surface area contributed by atoms with Crippen LogP contribution in [0.1, 0.15) is 59.9 Å². The van der Waals surface area contributed by atoms with Gasteiger partial charge in [0, 0.05) is 11.8 Å². The van der Waals surface area contributed by atoms with E-state index in [1.165, 1.54) is 0 Å². The molecule has 0 bridgehead atoms. The molecule has 0 saturated carbocycles. The van der Waals surface area contributed by atoms with Gasteiger partial charge in [-0.05, 0) is 43.9 Å². The summed E-state index contributed by atoms with van der Waals surface area (Å²) < 4.78 is 1.99. The summed E-state index contributed by atoms with van der Waals surface area (Å²) in [6.45, 7) is 8.31. The second kappa shape index (κ2) is 6.70. The van der Waals surface area contributed by atoms with Crippen molar-refractivity contribution in [3.8, 4) is 0 Å². The van der Waals surface area contributed by atoms with Gasteiger partial charge in [0.2, 0.25) is 0 Å². The van der Waals surface area contributed by atoms with Crippen LogP contribution in [0.25, 0.3) is 0 Å². The summed E-state index contributed by atoms with van der Waals surface area (Å²) in [5, 5.41) is 4.57. The second-order valence-electron chi connectivity index (χ2n) is 5.62. The maximum atomic E-state index is 12.5. The average Bonchev–Trinajstić information content (AvgIpc) is 2.88. The SMILES string of the molecule is CCC(CC)n1ccc(CC(=O)c2c(C)cccc2C)n1. The molecule has 0 aliphatic heterocycles. The molecular weight excluding hydrogens is 260 g/mol. The largest absolute Gasteiger partial charge is 0.294 e. The Morgan fingerprint density at radius 3 is 2.33 bits per heavy atom. The monoisotopic (exact) mass is 284 g/mol. The predicted octanol–water partition coefficient (Wildman–Crippen LogP) is 4.29. The van der Waals surface area contributed by atoms with Crippen LogP contribution in [0.15, 0.2) is 30.5 Å². The second-order valence-corrected chi connectivity index (χ2v) is 5.62. The van der Waals surface area contributed by atoms with E-state index >= 15 is 0 Å². The molecular formula is C18H24N2O. The van der Waals surface area contributed by atoms with Gasteiger partial charge in [-0.25, -0.2) is 0 Å². The zero-order valence-electron chi connectivity index (χ0n) is 13.4. The van der Waals surface area contributed by atoms with E-state index in [0.29, 0.717) is 12.5 Å². The molecule has 0 aliphatic carbocycles. The lowest BCUT2D eigenvalue weighted by Gasteiger charge is -2.12. The highest BCUT2D eigenvalue weighted by Crippen LogP contribution is 2.18. The molecule has 1 heterocycles. The van der Waals surface area contributed by atoms with E-state index in [1.54, 1.807) is 0 Å². The molecule has 3 nitrogen and oxygen atoms in total. The van der Waals surface area contributed by atoms with Gasteiger partial charge in [-0.3, -0.25) is 9.48 Å². The first-order chi connectivity index (χ1) is 10.1. The van der Waals surface area contributed by atoms with Crippen LogP contribution < -0.4 is 0 Å². The molecule has 1 aromatic carbocycles. The van der Waals surface area contributed by atoms with Gasteiger partial charge < -0.3 is 0 Å². The van der Waals surface area contributed by atoms with Crippen LogP contribution in [0.2, 0.25) is 0 Å². The Kier molecular flexibility index (Phi) is 4.94. The average molecular weight is 284 g/mol. The normalized spacial score (nSPS) is 11.1. The molecule has 2 rings (SSSR count). The zero-order chi connectivity index (χ0) is 15.4. The van der Waals surface area contributed by atoms with Crippen molar-refractivity contribution >= 4 is 5.78 Å². The Hall–Kier alpha value is -1.90. The van der Waals surface area contributed by atoms with Crippen LogP contribution in [0.5, 0.6) is 0 Å². The molecule has 0 atom stereocenters. The summed E-state index contributed by atoms with van der Waals surface area (Å²) in [6, 6.07) is 8.35. The Bertz CT molecular complexity index is 604. The van der Waals surface area contributed by atoms with E-state index < -0.39 is 0 Å². The minimum atomic E-state index is 0.153. The van der Waals surface area contributed by atoms with Crippen molar-refractivity contribution in [2.45, 2.75) is 53.0 Å². The molecule has 0 unspecified atom stereocenters. The van der Waals surface area contributed by atoms with E-state index in [0.717, 1.165) is 35.2 Å². The predicted molar refractivity (Wildman–Crippen MR) is 85.8 cm³/mol. The summed E-state index contributed by atoms with van der Waals surface area (Å²) in [4.78, 5) is 12.5. The number of Topliss-reactive ketones (excluding diaryl/α,β-unsaturated/α-hetero) is 1. The first kappa shape index (κ1) is 15.5. The smallest absolute Gasteiger partial charge is 0.169 e. The number of carbonyl (C=O) groups is 1. The van der Waals surface area contributed by atoms with Crippen LogP contribution >= 0.6 is 0 Å². The standard InChI is InChI=1S/C18H24N2O/c1-5-16(6-2)20-11-10-15(19-20)12-17(21)18-13(3)8-7-9-14(18)4/h7-11,16H,5-6,12H2,1-4H3. The molecule has 3 heteroatoms. The van der Waals surface area contributed by atoms with E-state index in [2.05, 4.69) is 18.9 Å². The summed E-state index contributed by atoms with van der Waals surface area (Å²) in [5.41, 5.74) is 3.78. The molecule has 0 spiro atoms. The minimum absolute atomic E-state index is 0.153. The van der Waals surface area contributed by atoms with Crippen LogP contribution in [0.4, 0.5) is 0 Å². The van der Waals surface area contributed by atoms with Crippen molar-refractivity contribution in [1.29, 1.82) is 0 Å². The maximum absolute atomic E-state index is 12.5. The Balaban J connectivity index is 2.17. The molecule has 0 fully saturated rings. The van der Waals surface area contributed by atoms with Gasteiger partial charge in [0.05, 0.1) is 18.2 Å². The van der Waals surface area contributed by atoms with Crippen molar-refractivity contribution in [3.05, 3.63) is 52.8 Å². The number of ketones is 1. The van der Waals surface area contributed by atoms with Crippen LogP contribution in [0.3, 0.4) is 0 Å². The van der Waals surface area contributed by atoms with Crippen LogP contribution in [-0.4, -0.2) is 15.6 Å². The maximum Gasteiger partial charge on any atom is 0.169 e. The first-order valence-corrected chi connectivity index (χ1v) is 7.70. The Morgan fingerprint density at radius 2 is 1.76 bits per heavy atom. The fourth-order valence-electron chi connectivity index (χ4n) is 2.85. The summed E-state index contributed by atoms with van der Waals surface area (Å²) in [7, 11) is 0. The lowest BCUT2D eigenvalue weighted by Crippen LogP contribution is -2.11. The van der Waals surface area contributed by atoms with Gasteiger partial charge in [-0.2, -0.15) is 5.10 Å². The molecule has 2 aromatic rings. The van der Waals surface area contributed by atoms with Gasteiger partial charge in [0.25, 0.3) is 0 Å². The van der Waals surface area contributed by atoms with Crippen molar-refractivity contribution < 1.29 is 4.79 Å². The number of carbonyl (C=O) groups excluding carboxylic acids is 1. The highest BCUT2D eigenvalue weighted by molar-refractivity contribution is 5.99. The molecule has 0 radical (unpaired) electrons. The zero-order valence-corrected chi connectivity index (χ0v) is 13.4. The quantitative estimate of drug-likeness (QED) is 0.742. The minimum Gasteiger partial charge on any atom is -0.294 e. The van der Waals surface area contributed by atoms with Crippen molar-refractivity contribution in [3.63, 3.8) is 0 Å². The molecule has 112 valence electrons. The lowest BCUT2D eigenvalue weighted by molar-refractivity contribution is 0.0990. The molecule has 21 heavy (non-hydrogen) atoms. The lowest BCUT2D eigenvalue weighted by atomic mass is 9.97. The van der Waals surface area contributed by atoms with Crippen LogP contribution in [-0.2, 0) is 6.42 Å². The van der Waals surface area contributed by atoms with Gasteiger partial charge >= 0.3 is 0 Å². The summed E-state index contributed by atoms with van der Waals surface area (Å²) in [5.74, 6) is 0.153.